The molecule has 0 saturated carbocycles. The molecule has 4 aromatic heterocycles. The molecule has 2 atom stereocenters. The van der Waals surface area contributed by atoms with Crippen LogP contribution in [0.2, 0.25) is 0 Å². The first-order valence-corrected chi connectivity index (χ1v) is 18.0. The number of aromatic nitrogens is 5. The summed E-state index contributed by atoms with van der Waals surface area (Å²) in [5.41, 5.74) is 13.5. The van der Waals surface area contributed by atoms with E-state index in [-0.39, 0.29) is 12.0 Å². The maximum atomic E-state index is 5.69. The molecule has 0 saturated heterocycles. The van der Waals surface area contributed by atoms with Crippen LogP contribution in [0.25, 0.3) is 66.7 Å². The molecule has 2 unspecified atom stereocenters. The second-order valence-electron chi connectivity index (χ2n) is 13.6. The summed E-state index contributed by atoms with van der Waals surface area (Å²) in [6, 6.07) is 47.4. The lowest BCUT2D eigenvalue weighted by atomic mass is 9.89. The van der Waals surface area contributed by atoms with Crippen LogP contribution < -0.4 is 4.90 Å². The largest absolute Gasteiger partial charge is 0.331 e. The van der Waals surface area contributed by atoms with Crippen LogP contribution in [0.15, 0.2) is 183 Å². The average Bonchev–Trinajstić information content (AvgIpc) is 3.90. The van der Waals surface area contributed by atoms with Crippen molar-refractivity contribution in [3.05, 3.63) is 188 Å². The second-order valence-corrected chi connectivity index (χ2v) is 13.6. The van der Waals surface area contributed by atoms with Gasteiger partial charge in [0.2, 0.25) is 0 Å². The van der Waals surface area contributed by atoms with E-state index in [0.717, 1.165) is 56.1 Å². The van der Waals surface area contributed by atoms with Crippen LogP contribution in [0, 0.1) is 0 Å². The van der Waals surface area contributed by atoms with Gasteiger partial charge >= 0.3 is 0 Å². The summed E-state index contributed by atoms with van der Waals surface area (Å²) in [4.78, 5) is 17.1. The molecular weight excluding hydrogens is 649 g/mol. The number of benzene rings is 5. The minimum atomic E-state index is 0.0288. The van der Waals surface area contributed by atoms with Gasteiger partial charge in [0, 0.05) is 69.5 Å². The Morgan fingerprint density at radius 3 is 2.00 bits per heavy atom. The predicted octanol–water partition coefficient (Wildman–Crippen LogP) is 11.0. The normalized spacial score (nSPS) is 16.1. The van der Waals surface area contributed by atoms with E-state index in [9.17, 15) is 0 Å². The third kappa shape index (κ3) is 4.36. The predicted molar refractivity (Wildman–Crippen MR) is 215 cm³/mol. The molecule has 6 nitrogen and oxygen atoms in total. The van der Waals surface area contributed by atoms with Gasteiger partial charge in [-0.05, 0) is 54.1 Å². The number of para-hydroxylation sites is 3. The highest BCUT2D eigenvalue weighted by molar-refractivity contribution is 6.25. The second kappa shape index (κ2) is 11.8. The van der Waals surface area contributed by atoms with Crippen molar-refractivity contribution >= 4 is 44.2 Å². The zero-order valence-electron chi connectivity index (χ0n) is 28.7. The van der Waals surface area contributed by atoms with Crippen LogP contribution in [0.4, 0.5) is 11.4 Å². The maximum Gasteiger partial charge on any atom is 0.145 e. The van der Waals surface area contributed by atoms with Gasteiger partial charge in [0.25, 0.3) is 0 Å². The molecule has 1 aliphatic carbocycles. The smallest absolute Gasteiger partial charge is 0.145 e. The number of fused-ring (bicyclic) bond motifs is 10. The Morgan fingerprint density at radius 1 is 0.528 bits per heavy atom. The Bertz CT molecular complexity index is 2890. The number of pyridine rings is 2. The minimum absolute atomic E-state index is 0.0288. The third-order valence-corrected chi connectivity index (χ3v) is 10.8. The maximum absolute atomic E-state index is 5.69. The lowest BCUT2D eigenvalue weighted by Gasteiger charge is -2.31. The summed E-state index contributed by atoms with van der Waals surface area (Å²) < 4.78 is 4.82. The van der Waals surface area contributed by atoms with Crippen molar-refractivity contribution in [2.45, 2.75) is 12.0 Å². The Morgan fingerprint density at radius 2 is 1.19 bits per heavy atom. The van der Waals surface area contributed by atoms with E-state index in [1.807, 2.05) is 24.8 Å². The Balaban J connectivity index is 1.40. The van der Waals surface area contributed by atoms with E-state index in [2.05, 4.69) is 182 Å². The van der Waals surface area contributed by atoms with E-state index >= 15 is 0 Å². The summed E-state index contributed by atoms with van der Waals surface area (Å²) in [5.74, 6) is 0.930. The fourth-order valence-electron chi connectivity index (χ4n) is 8.72. The Kier molecular flexibility index (Phi) is 6.58. The molecule has 250 valence electrons. The summed E-state index contributed by atoms with van der Waals surface area (Å²) in [6.07, 6.45) is 16.6. The van der Waals surface area contributed by atoms with Crippen molar-refractivity contribution in [2.24, 2.45) is 0 Å². The molecule has 0 bridgehead atoms. The highest BCUT2D eigenvalue weighted by Crippen LogP contribution is 2.57. The molecule has 5 heterocycles. The molecule has 0 N–H and O–H groups in total. The van der Waals surface area contributed by atoms with Gasteiger partial charge in [-0.1, -0.05) is 109 Å². The molecule has 2 aliphatic rings. The summed E-state index contributed by atoms with van der Waals surface area (Å²) in [7, 11) is 0. The molecule has 5 aromatic carbocycles. The quantitative estimate of drug-likeness (QED) is 0.182. The van der Waals surface area contributed by atoms with Gasteiger partial charge in [-0.15, -0.1) is 0 Å². The SMILES string of the molecule is C1=CC2c3c(c4c(nc(-c5ccncc5)n4-c4ccncc4)c4c5ccccc5n(-c5ccccc5)c34)N(c3ccccc3-c3ccccc3)C2C=C1. The molecule has 6 heteroatoms. The third-order valence-electron chi connectivity index (χ3n) is 10.8. The lowest BCUT2D eigenvalue weighted by molar-refractivity contribution is 0.746. The molecule has 53 heavy (non-hydrogen) atoms. The van der Waals surface area contributed by atoms with Crippen molar-refractivity contribution in [2.75, 3.05) is 4.90 Å². The topological polar surface area (TPSA) is 51.8 Å². The first kappa shape index (κ1) is 29.7. The summed E-state index contributed by atoms with van der Waals surface area (Å²) in [5, 5.41) is 2.33. The van der Waals surface area contributed by atoms with Crippen LogP contribution in [0.5, 0.6) is 0 Å². The molecular formula is C47H32N6. The fourth-order valence-corrected chi connectivity index (χ4v) is 8.72. The Hall–Kier alpha value is -7.05. The van der Waals surface area contributed by atoms with Crippen molar-refractivity contribution in [1.29, 1.82) is 0 Å². The van der Waals surface area contributed by atoms with Gasteiger partial charge in [-0.2, -0.15) is 0 Å². The average molecular weight is 681 g/mol. The van der Waals surface area contributed by atoms with Gasteiger partial charge in [0.1, 0.15) is 11.3 Å². The van der Waals surface area contributed by atoms with Crippen molar-refractivity contribution in [3.63, 3.8) is 0 Å². The number of rotatable bonds is 5. The van der Waals surface area contributed by atoms with E-state index in [1.54, 1.807) is 0 Å². The minimum Gasteiger partial charge on any atom is -0.331 e. The summed E-state index contributed by atoms with van der Waals surface area (Å²) in [6.45, 7) is 0. The van der Waals surface area contributed by atoms with E-state index in [1.165, 1.54) is 27.6 Å². The molecule has 0 spiro atoms. The van der Waals surface area contributed by atoms with Crippen molar-refractivity contribution < 1.29 is 0 Å². The molecule has 11 rings (SSSR count). The zero-order valence-corrected chi connectivity index (χ0v) is 28.7. The molecule has 9 aromatic rings. The highest BCUT2D eigenvalue weighted by Gasteiger charge is 2.44. The van der Waals surface area contributed by atoms with Crippen LogP contribution in [-0.2, 0) is 0 Å². The number of hydrogen-bond donors (Lipinski definition) is 0. The highest BCUT2D eigenvalue weighted by atomic mass is 15.2. The van der Waals surface area contributed by atoms with E-state index in [0.29, 0.717) is 0 Å². The fraction of sp³-hybridized carbons (Fsp3) is 0.0426. The van der Waals surface area contributed by atoms with Gasteiger partial charge in [0.15, 0.2) is 0 Å². The van der Waals surface area contributed by atoms with Crippen LogP contribution in [-0.4, -0.2) is 30.1 Å². The van der Waals surface area contributed by atoms with Crippen LogP contribution in [0.1, 0.15) is 11.5 Å². The first-order valence-electron chi connectivity index (χ1n) is 18.0. The van der Waals surface area contributed by atoms with Crippen LogP contribution >= 0.6 is 0 Å². The zero-order chi connectivity index (χ0) is 34.9. The molecule has 0 radical (unpaired) electrons. The standard InChI is InChI=1S/C47H32N6/c1-3-13-31(14-4-1)35-17-7-10-20-38(35)53-40-22-12-9-19-37(40)42-44-41(36-18-8-11-21-39(36)51(44)33-15-5-2-6-16-33)43-46(45(42)53)52(34-25-29-49-30-26-34)47(50-43)32-23-27-48-28-24-32/h1-30,37,40H. The molecule has 1 aliphatic heterocycles. The number of imidazole rings is 1. The van der Waals surface area contributed by atoms with E-state index < -0.39 is 0 Å². The molecule has 0 amide bonds. The molecule has 0 fully saturated rings. The number of nitrogens with zero attached hydrogens (tertiary/aromatic N) is 6. The summed E-state index contributed by atoms with van der Waals surface area (Å²) >= 11 is 0. The van der Waals surface area contributed by atoms with Gasteiger partial charge in [0.05, 0.1) is 34.0 Å². The van der Waals surface area contributed by atoms with Gasteiger partial charge in [-0.3, -0.25) is 14.5 Å². The number of anilines is 2. The van der Waals surface area contributed by atoms with E-state index in [4.69, 9.17) is 4.98 Å². The monoisotopic (exact) mass is 680 g/mol. The first-order chi connectivity index (χ1) is 26.4. The lowest BCUT2D eigenvalue weighted by Crippen LogP contribution is -2.29. The van der Waals surface area contributed by atoms with Crippen molar-refractivity contribution in [3.8, 4) is 33.9 Å². The van der Waals surface area contributed by atoms with Crippen LogP contribution in [0.3, 0.4) is 0 Å². The Labute approximate surface area is 306 Å². The number of hydrogen-bond acceptors (Lipinski definition) is 4. The van der Waals surface area contributed by atoms with Gasteiger partial charge < -0.3 is 9.47 Å². The number of allylic oxidation sites excluding steroid dienone is 2. The van der Waals surface area contributed by atoms with Crippen molar-refractivity contribution in [1.82, 2.24) is 24.1 Å². The van der Waals surface area contributed by atoms with Gasteiger partial charge in [-0.25, -0.2) is 4.98 Å².